The summed E-state index contributed by atoms with van der Waals surface area (Å²) in [6.07, 6.45) is 0.0154. The fourth-order valence-corrected chi connectivity index (χ4v) is 5.63. The molecule has 1 fully saturated rings. The summed E-state index contributed by atoms with van der Waals surface area (Å²) in [5.41, 5.74) is 0.0958. The Bertz CT molecular complexity index is 1120. The van der Waals surface area contributed by atoms with Gasteiger partial charge < -0.3 is 19.3 Å². The van der Waals surface area contributed by atoms with Crippen LogP contribution in [0.2, 0.25) is 5.02 Å². The van der Waals surface area contributed by atoms with E-state index >= 15 is 0 Å². The van der Waals surface area contributed by atoms with Gasteiger partial charge >= 0.3 is 0 Å². The van der Waals surface area contributed by atoms with Gasteiger partial charge in [-0.05, 0) is 29.8 Å². The molecule has 9 heteroatoms. The summed E-state index contributed by atoms with van der Waals surface area (Å²) >= 11 is 7.27. The Kier molecular flexibility index (Phi) is 5.99. The molecule has 2 heterocycles. The molecule has 2 atom stereocenters. The van der Waals surface area contributed by atoms with E-state index in [2.05, 4.69) is 6.07 Å². The average Bonchev–Trinajstić information content (AvgIpc) is 3.17. The van der Waals surface area contributed by atoms with E-state index in [-0.39, 0.29) is 18.1 Å². The molecule has 4 rings (SSSR count). The highest BCUT2D eigenvalue weighted by atomic mass is 35.5. The number of aliphatic hydroxyl groups is 1. The highest BCUT2D eigenvalue weighted by molar-refractivity contribution is 8.03. The van der Waals surface area contributed by atoms with Crippen molar-refractivity contribution < 1.29 is 24.1 Å². The van der Waals surface area contributed by atoms with Crippen molar-refractivity contribution in [1.82, 2.24) is 4.90 Å². The summed E-state index contributed by atoms with van der Waals surface area (Å²) in [7, 11) is 4.53. The quantitative estimate of drug-likeness (QED) is 0.702. The number of methoxy groups -OCH3 is 3. The first-order chi connectivity index (χ1) is 15.4. The zero-order valence-corrected chi connectivity index (χ0v) is 19.3. The number of thioether (sulfide) groups is 1. The summed E-state index contributed by atoms with van der Waals surface area (Å²) in [6.45, 7) is 0. The molecule has 0 saturated carbocycles. The van der Waals surface area contributed by atoms with Gasteiger partial charge in [0.15, 0.2) is 17.2 Å². The second-order valence-electron chi connectivity index (χ2n) is 7.39. The van der Waals surface area contributed by atoms with Crippen LogP contribution >= 0.6 is 23.4 Å². The summed E-state index contributed by atoms with van der Waals surface area (Å²) in [5.74, 6) is 0.739. The Morgan fingerprint density at radius 3 is 2.31 bits per heavy atom. The standard InChI is InChI=1S/C23H21ClN2O5S/c1-29-18-8-13(9-19(30-2)21(18)31-3)16-10-20(27)26-22(17(16)11-25)32-12-23(26,28)14-4-6-15(24)7-5-14/h4-9,16,28H,10,12H2,1-3H3/t16-,23+/m1/s1. The second kappa shape index (κ2) is 8.58. The molecule has 0 aromatic heterocycles. The van der Waals surface area contributed by atoms with Crippen molar-refractivity contribution in [2.75, 3.05) is 27.1 Å². The molecule has 0 unspecified atom stereocenters. The van der Waals surface area contributed by atoms with Crippen LogP contribution in [-0.4, -0.2) is 43.0 Å². The Morgan fingerprint density at radius 1 is 1.16 bits per heavy atom. The van der Waals surface area contributed by atoms with E-state index in [9.17, 15) is 15.2 Å². The largest absolute Gasteiger partial charge is 0.493 e. The smallest absolute Gasteiger partial charge is 0.231 e. The molecule has 0 radical (unpaired) electrons. The van der Waals surface area contributed by atoms with Gasteiger partial charge in [0.05, 0.1) is 43.8 Å². The fourth-order valence-electron chi connectivity index (χ4n) is 4.14. The molecule has 2 aliphatic heterocycles. The molecule has 166 valence electrons. The van der Waals surface area contributed by atoms with Crippen molar-refractivity contribution >= 4 is 29.3 Å². The Hall–Kier alpha value is -2.86. The normalized spacial score (nSPS) is 22.4. The highest BCUT2D eigenvalue weighted by Gasteiger charge is 2.52. The SMILES string of the molecule is COc1cc([C@H]2CC(=O)N3C(=C2C#N)SC[C@]3(O)c2ccc(Cl)cc2)cc(OC)c1OC. The van der Waals surface area contributed by atoms with Crippen LogP contribution < -0.4 is 14.2 Å². The number of rotatable bonds is 5. The topological polar surface area (TPSA) is 92.0 Å². The zero-order chi connectivity index (χ0) is 23.0. The van der Waals surface area contributed by atoms with E-state index in [0.717, 1.165) is 0 Å². The van der Waals surface area contributed by atoms with Crippen molar-refractivity contribution in [2.45, 2.75) is 18.1 Å². The molecule has 2 aromatic rings. The van der Waals surface area contributed by atoms with E-state index in [0.29, 0.717) is 44.0 Å². The van der Waals surface area contributed by atoms with Gasteiger partial charge in [-0.2, -0.15) is 5.26 Å². The number of halogens is 1. The molecule has 7 nitrogen and oxygen atoms in total. The Morgan fingerprint density at radius 2 is 1.78 bits per heavy atom. The summed E-state index contributed by atoms with van der Waals surface area (Å²) in [4.78, 5) is 14.6. The maximum Gasteiger partial charge on any atom is 0.231 e. The maximum atomic E-state index is 13.3. The van der Waals surface area contributed by atoms with Crippen molar-refractivity contribution in [3.63, 3.8) is 0 Å². The van der Waals surface area contributed by atoms with Gasteiger partial charge in [-0.3, -0.25) is 9.69 Å². The van der Waals surface area contributed by atoms with Gasteiger partial charge in [-0.15, -0.1) is 11.8 Å². The third kappa shape index (κ3) is 3.47. The lowest BCUT2D eigenvalue weighted by Crippen LogP contribution is -2.48. The van der Waals surface area contributed by atoms with Crippen LogP contribution in [0.4, 0.5) is 0 Å². The van der Waals surface area contributed by atoms with Crippen molar-refractivity contribution in [2.24, 2.45) is 0 Å². The predicted molar refractivity (Wildman–Crippen MR) is 121 cm³/mol. The van der Waals surface area contributed by atoms with Gasteiger partial charge in [-0.1, -0.05) is 23.7 Å². The van der Waals surface area contributed by atoms with E-state index in [4.69, 9.17) is 25.8 Å². The van der Waals surface area contributed by atoms with Crippen LogP contribution in [-0.2, 0) is 10.5 Å². The highest BCUT2D eigenvalue weighted by Crippen LogP contribution is 2.53. The number of carbonyl (C=O) groups is 1. The maximum absolute atomic E-state index is 13.3. The van der Waals surface area contributed by atoms with Gasteiger partial charge in [0.25, 0.3) is 0 Å². The van der Waals surface area contributed by atoms with Gasteiger partial charge in [-0.25, -0.2) is 0 Å². The number of hydrogen-bond acceptors (Lipinski definition) is 7. The number of allylic oxidation sites excluding steroid dienone is 1. The molecule has 1 saturated heterocycles. The zero-order valence-electron chi connectivity index (χ0n) is 17.7. The molecule has 2 aromatic carbocycles. The van der Waals surface area contributed by atoms with Crippen LogP contribution in [0.3, 0.4) is 0 Å². The number of nitriles is 1. The van der Waals surface area contributed by atoms with Crippen LogP contribution in [0, 0.1) is 11.3 Å². The van der Waals surface area contributed by atoms with E-state index in [1.165, 1.54) is 38.0 Å². The van der Waals surface area contributed by atoms with Crippen LogP contribution in [0.1, 0.15) is 23.5 Å². The monoisotopic (exact) mass is 472 g/mol. The first kappa shape index (κ1) is 22.3. The predicted octanol–water partition coefficient (Wildman–Crippen LogP) is 4.01. The molecule has 0 spiro atoms. The van der Waals surface area contributed by atoms with Crippen molar-refractivity contribution in [3.8, 4) is 23.3 Å². The summed E-state index contributed by atoms with van der Waals surface area (Å²) in [6, 6.07) is 12.5. The molecule has 32 heavy (non-hydrogen) atoms. The number of nitrogens with zero attached hydrogens (tertiary/aromatic N) is 2. The van der Waals surface area contributed by atoms with Crippen molar-refractivity contribution in [3.05, 3.63) is 63.1 Å². The third-order valence-corrected chi connectivity index (χ3v) is 7.18. The molecule has 2 aliphatic rings. The van der Waals surface area contributed by atoms with E-state index in [1.54, 1.807) is 36.4 Å². The fraction of sp³-hybridized carbons (Fsp3) is 0.304. The third-order valence-electron chi connectivity index (χ3n) is 5.71. The minimum Gasteiger partial charge on any atom is -0.493 e. The number of benzene rings is 2. The lowest BCUT2D eigenvalue weighted by atomic mass is 9.85. The second-order valence-corrected chi connectivity index (χ2v) is 8.79. The first-order valence-corrected chi connectivity index (χ1v) is 11.1. The first-order valence-electron chi connectivity index (χ1n) is 9.76. The van der Waals surface area contributed by atoms with Crippen molar-refractivity contribution in [1.29, 1.82) is 5.26 Å². The molecule has 0 aliphatic carbocycles. The van der Waals surface area contributed by atoms with Crippen LogP contribution in [0.5, 0.6) is 17.2 Å². The average molecular weight is 473 g/mol. The van der Waals surface area contributed by atoms with Crippen LogP contribution in [0.25, 0.3) is 0 Å². The number of ether oxygens (including phenoxy) is 3. The van der Waals surface area contributed by atoms with Crippen LogP contribution in [0.15, 0.2) is 47.0 Å². The van der Waals surface area contributed by atoms with Gasteiger partial charge in [0.2, 0.25) is 11.7 Å². The lowest BCUT2D eigenvalue weighted by molar-refractivity contribution is -0.149. The molecular formula is C23H21ClN2O5S. The molecule has 1 amide bonds. The van der Waals surface area contributed by atoms with Gasteiger partial charge in [0, 0.05) is 22.9 Å². The number of fused-ring (bicyclic) bond motifs is 1. The molecule has 1 N–H and O–H groups in total. The number of carbonyl (C=O) groups excluding carboxylic acids is 1. The summed E-state index contributed by atoms with van der Waals surface area (Å²) < 4.78 is 16.3. The Balaban J connectivity index is 1.82. The summed E-state index contributed by atoms with van der Waals surface area (Å²) in [5, 5.41) is 22.5. The molecule has 0 bridgehead atoms. The van der Waals surface area contributed by atoms with Gasteiger partial charge in [0.1, 0.15) is 0 Å². The van der Waals surface area contributed by atoms with E-state index in [1.807, 2.05) is 0 Å². The van der Waals surface area contributed by atoms with E-state index < -0.39 is 11.6 Å². The molecular weight excluding hydrogens is 452 g/mol. The number of amides is 1. The minimum absolute atomic E-state index is 0.0154. The number of hydrogen-bond donors (Lipinski definition) is 1. The Labute approximate surface area is 195 Å². The lowest BCUT2D eigenvalue weighted by Gasteiger charge is -2.38. The minimum atomic E-state index is -1.55.